The average Bonchev–Trinajstić information content (AvgIpc) is 2.39. The number of anilines is 1. The Morgan fingerprint density at radius 2 is 2.00 bits per heavy atom. The third kappa shape index (κ3) is 3.78. The molecule has 0 saturated heterocycles. The van der Waals surface area contributed by atoms with E-state index in [-0.39, 0.29) is 5.02 Å². The van der Waals surface area contributed by atoms with Gasteiger partial charge in [0, 0.05) is 19.0 Å². The largest absolute Gasteiger partial charge is 0.366 e. The highest BCUT2D eigenvalue weighted by atomic mass is 35.5. The summed E-state index contributed by atoms with van der Waals surface area (Å²) < 4.78 is 13.0. The molecule has 0 saturated carbocycles. The second kappa shape index (κ2) is 6.17. The van der Waals surface area contributed by atoms with E-state index in [2.05, 4.69) is 15.3 Å². The van der Waals surface area contributed by atoms with E-state index in [0.29, 0.717) is 29.8 Å². The smallest absolute Gasteiger partial charge is 0.141 e. The second-order valence-corrected chi connectivity index (χ2v) is 4.74. The van der Waals surface area contributed by atoms with E-state index in [0.717, 1.165) is 5.56 Å². The van der Waals surface area contributed by atoms with Gasteiger partial charge in [0.1, 0.15) is 22.6 Å². The van der Waals surface area contributed by atoms with Crippen molar-refractivity contribution in [2.45, 2.75) is 19.9 Å². The number of nitrogens with one attached hydrogen (secondary N) is 1. The first kappa shape index (κ1) is 14.0. The first-order valence-corrected chi connectivity index (χ1v) is 6.55. The molecule has 19 heavy (non-hydrogen) atoms. The molecule has 0 atom stereocenters. The van der Waals surface area contributed by atoms with E-state index in [1.165, 1.54) is 6.07 Å². The van der Waals surface area contributed by atoms with Crippen LogP contribution in [0.4, 0.5) is 10.2 Å². The van der Waals surface area contributed by atoms with Gasteiger partial charge >= 0.3 is 0 Å². The summed E-state index contributed by atoms with van der Waals surface area (Å²) >= 11 is 11.6. The Bertz CT molecular complexity index is 590. The van der Waals surface area contributed by atoms with Crippen molar-refractivity contribution in [2.75, 3.05) is 5.32 Å². The predicted molar refractivity (Wildman–Crippen MR) is 75.2 cm³/mol. The van der Waals surface area contributed by atoms with Crippen LogP contribution in [0.5, 0.6) is 0 Å². The van der Waals surface area contributed by atoms with Crippen molar-refractivity contribution in [3.8, 4) is 0 Å². The number of aromatic nitrogens is 2. The van der Waals surface area contributed by atoms with E-state index in [4.69, 9.17) is 23.2 Å². The molecule has 0 spiro atoms. The maximum absolute atomic E-state index is 13.0. The standard InChI is InChI=1S/C13H12Cl2FN3/c1-2-12-18-11(15)6-13(19-12)17-7-8-3-4-10(16)9(14)5-8/h3-6H,2,7H2,1H3,(H,17,18,19). The van der Waals surface area contributed by atoms with Crippen molar-refractivity contribution in [1.82, 2.24) is 9.97 Å². The van der Waals surface area contributed by atoms with Crippen molar-refractivity contribution in [3.63, 3.8) is 0 Å². The zero-order chi connectivity index (χ0) is 13.8. The molecule has 1 aromatic heterocycles. The molecule has 0 aliphatic carbocycles. The summed E-state index contributed by atoms with van der Waals surface area (Å²) in [5, 5.41) is 3.61. The molecule has 100 valence electrons. The van der Waals surface area contributed by atoms with Gasteiger partial charge in [0.15, 0.2) is 0 Å². The lowest BCUT2D eigenvalue weighted by Gasteiger charge is -2.08. The van der Waals surface area contributed by atoms with Crippen LogP contribution < -0.4 is 5.32 Å². The third-order valence-corrected chi connectivity index (χ3v) is 3.00. The maximum atomic E-state index is 13.0. The second-order valence-electron chi connectivity index (χ2n) is 3.95. The number of halogens is 3. The Kier molecular flexibility index (Phi) is 4.56. The van der Waals surface area contributed by atoms with Gasteiger partial charge in [-0.2, -0.15) is 0 Å². The number of rotatable bonds is 4. The van der Waals surface area contributed by atoms with Gasteiger partial charge in [0.25, 0.3) is 0 Å². The van der Waals surface area contributed by atoms with Gasteiger partial charge in [-0.15, -0.1) is 0 Å². The topological polar surface area (TPSA) is 37.8 Å². The van der Waals surface area contributed by atoms with Crippen LogP contribution >= 0.6 is 23.2 Å². The van der Waals surface area contributed by atoms with Crippen LogP contribution in [0.25, 0.3) is 0 Å². The zero-order valence-electron chi connectivity index (χ0n) is 10.3. The molecule has 0 unspecified atom stereocenters. The molecular formula is C13H12Cl2FN3. The summed E-state index contributed by atoms with van der Waals surface area (Å²) in [7, 11) is 0. The van der Waals surface area contributed by atoms with Crippen molar-refractivity contribution in [3.05, 3.63) is 51.6 Å². The molecule has 0 bridgehead atoms. The summed E-state index contributed by atoms with van der Waals surface area (Å²) in [4.78, 5) is 8.37. The lowest BCUT2D eigenvalue weighted by Crippen LogP contribution is -2.04. The van der Waals surface area contributed by atoms with Gasteiger partial charge in [-0.3, -0.25) is 0 Å². The van der Waals surface area contributed by atoms with Crippen LogP contribution in [0.2, 0.25) is 10.2 Å². The van der Waals surface area contributed by atoms with Gasteiger partial charge < -0.3 is 5.32 Å². The minimum Gasteiger partial charge on any atom is -0.366 e. The number of benzene rings is 1. The lowest BCUT2D eigenvalue weighted by molar-refractivity contribution is 0.627. The Morgan fingerprint density at radius 1 is 1.21 bits per heavy atom. The Morgan fingerprint density at radius 3 is 2.68 bits per heavy atom. The first-order chi connectivity index (χ1) is 9.08. The molecule has 2 rings (SSSR count). The summed E-state index contributed by atoms with van der Waals surface area (Å²) in [6.07, 6.45) is 0.706. The van der Waals surface area contributed by atoms with Crippen LogP contribution in [-0.4, -0.2) is 9.97 Å². The molecule has 0 radical (unpaired) electrons. The van der Waals surface area contributed by atoms with E-state index in [1.54, 1.807) is 18.2 Å². The minimum atomic E-state index is -0.427. The molecule has 0 amide bonds. The Labute approximate surface area is 120 Å². The molecular weight excluding hydrogens is 288 g/mol. The SMILES string of the molecule is CCc1nc(Cl)cc(NCc2ccc(F)c(Cl)c2)n1. The normalized spacial score (nSPS) is 10.5. The van der Waals surface area contributed by atoms with Crippen LogP contribution in [0.3, 0.4) is 0 Å². The molecule has 3 nitrogen and oxygen atoms in total. The number of hydrogen-bond donors (Lipinski definition) is 1. The number of hydrogen-bond acceptors (Lipinski definition) is 3. The summed E-state index contributed by atoms with van der Waals surface area (Å²) in [5.41, 5.74) is 0.860. The fourth-order valence-electron chi connectivity index (χ4n) is 1.56. The highest BCUT2D eigenvalue weighted by molar-refractivity contribution is 6.30. The van der Waals surface area contributed by atoms with E-state index in [1.807, 2.05) is 6.92 Å². The van der Waals surface area contributed by atoms with Crippen molar-refractivity contribution in [1.29, 1.82) is 0 Å². The summed E-state index contributed by atoms with van der Waals surface area (Å²) in [5.74, 6) is 0.883. The quantitative estimate of drug-likeness (QED) is 0.864. The van der Waals surface area contributed by atoms with Crippen molar-refractivity contribution in [2.24, 2.45) is 0 Å². The summed E-state index contributed by atoms with van der Waals surface area (Å²) in [6, 6.07) is 6.22. The van der Waals surface area contributed by atoms with Crippen LogP contribution in [0.1, 0.15) is 18.3 Å². The fourth-order valence-corrected chi connectivity index (χ4v) is 1.96. The summed E-state index contributed by atoms with van der Waals surface area (Å²) in [6.45, 7) is 2.44. The fraction of sp³-hybridized carbons (Fsp3) is 0.231. The molecule has 1 heterocycles. The zero-order valence-corrected chi connectivity index (χ0v) is 11.8. The highest BCUT2D eigenvalue weighted by Crippen LogP contribution is 2.17. The first-order valence-electron chi connectivity index (χ1n) is 5.79. The van der Waals surface area contributed by atoms with Gasteiger partial charge in [0.2, 0.25) is 0 Å². The van der Waals surface area contributed by atoms with Crippen LogP contribution in [0.15, 0.2) is 24.3 Å². The number of aryl methyl sites for hydroxylation is 1. The van der Waals surface area contributed by atoms with E-state index in [9.17, 15) is 4.39 Å². The van der Waals surface area contributed by atoms with Crippen LogP contribution in [0, 0.1) is 5.82 Å². The third-order valence-electron chi connectivity index (χ3n) is 2.52. The molecule has 0 aliphatic rings. The predicted octanol–water partition coefficient (Wildman–Crippen LogP) is 4.10. The average molecular weight is 300 g/mol. The van der Waals surface area contributed by atoms with Crippen LogP contribution in [-0.2, 0) is 13.0 Å². The van der Waals surface area contributed by atoms with E-state index >= 15 is 0 Å². The van der Waals surface area contributed by atoms with Gasteiger partial charge in [-0.1, -0.05) is 36.2 Å². The molecule has 1 N–H and O–H groups in total. The minimum absolute atomic E-state index is 0.106. The monoisotopic (exact) mass is 299 g/mol. The lowest BCUT2D eigenvalue weighted by atomic mass is 10.2. The highest BCUT2D eigenvalue weighted by Gasteiger charge is 2.04. The molecule has 1 aromatic carbocycles. The molecule has 0 aliphatic heterocycles. The Balaban J connectivity index is 2.09. The van der Waals surface area contributed by atoms with Crippen molar-refractivity contribution < 1.29 is 4.39 Å². The Hall–Kier alpha value is -1.39. The van der Waals surface area contributed by atoms with Gasteiger partial charge in [0.05, 0.1) is 5.02 Å². The molecule has 6 heteroatoms. The van der Waals surface area contributed by atoms with Crippen molar-refractivity contribution >= 4 is 29.0 Å². The number of nitrogens with zero attached hydrogens (tertiary/aromatic N) is 2. The van der Waals surface area contributed by atoms with E-state index < -0.39 is 5.82 Å². The van der Waals surface area contributed by atoms with Gasteiger partial charge in [-0.25, -0.2) is 14.4 Å². The molecule has 0 fully saturated rings. The van der Waals surface area contributed by atoms with Gasteiger partial charge in [-0.05, 0) is 17.7 Å². The molecule has 2 aromatic rings. The maximum Gasteiger partial charge on any atom is 0.141 e.